The van der Waals surface area contributed by atoms with Crippen LogP contribution in [0.4, 0.5) is 10.5 Å². The number of benzene rings is 1. The first-order valence-electron chi connectivity index (χ1n) is 9.57. The Morgan fingerprint density at radius 3 is 2.38 bits per heavy atom. The molecule has 1 aromatic carbocycles. The van der Waals surface area contributed by atoms with Crippen LogP contribution in [0.1, 0.15) is 52.0 Å². The Morgan fingerprint density at radius 2 is 1.88 bits per heavy atom. The third-order valence-electron chi connectivity index (χ3n) is 5.11. The smallest absolute Gasteiger partial charge is 0.319 e. The zero-order valence-electron chi connectivity index (χ0n) is 16.5. The number of rotatable bonds is 7. The first-order valence-corrected chi connectivity index (χ1v) is 9.57. The number of hydrogen-bond donors (Lipinski definition) is 4. The largest absolute Gasteiger partial charge is 0.356 e. The molecule has 1 aliphatic rings. The van der Waals surface area contributed by atoms with Gasteiger partial charge in [-0.15, -0.1) is 0 Å². The molecule has 0 spiro atoms. The molecule has 0 aliphatic heterocycles. The van der Waals surface area contributed by atoms with Gasteiger partial charge in [-0.25, -0.2) is 4.79 Å². The van der Waals surface area contributed by atoms with E-state index in [1.165, 1.54) is 25.7 Å². The lowest BCUT2D eigenvalue weighted by molar-refractivity contribution is 0.131. The summed E-state index contributed by atoms with van der Waals surface area (Å²) in [6.45, 7) is 7.81. The Bertz CT molecular complexity index is 600. The number of nitrogens with one attached hydrogen (secondary N) is 4. The molecule has 1 aromatic rings. The van der Waals surface area contributed by atoms with Gasteiger partial charge in [-0.3, -0.25) is 4.99 Å². The van der Waals surface area contributed by atoms with E-state index in [1.807, 2.05) is 38.1 Å². The van der Waals surface area contributed by atoms with Crippen molar-refractivity contribution in [1.29, 1.82) is 0 Å². The average Bonchev–Trinajstić information content (AvgIpc) is 2.57. The molecule has 0 aromatic heterocycles. The molecular formula is C20H33N5O. The summed E-state index contributed by atoms with van der Waals surface area (Å²) >= 11 is 0. The highest BCUT2D eigenvalue weighted by Crippen LogP contribution is 2.42. The van der Waals surface area contributed by atoms with Gasteiger partial charge in [-0.1, -0.05) is 25.5 Å². The Hall–Kier alpha value is -2.24. The Morgan fingerprint density at radius 1 is 1.19 bits per heavy atom. The topological polar surface area (TPSA) is 77.6 Å². The number of nitrogens with zero attached hydrogens (tertiary/aromatic N) is 1. The molecule has 1 saturated carbocycles. The molecule has 0 atom stereocenters. The van der Waals surface area contributed by atoms with Gasteiger partial charge in [-0.05, 0) is 56.2 Å². The first-order chi connectivity index (χ1) is 12.5. The van der Waals surface area contributed by atoms with Crippen molar-refractivity contribution < 1.29 is 4.79 Å². The van der Waals surface area contributed by atoms with Crippen molar-refractivity contribution >= 4 is 17.7 Å². The van der Waals surface area contributed by atoms with Crippen LogP contribution in [0.2, 0.25) is 0 Å². The maximum absolute atomic E-state index is 11.7. The number of guanidine groups is 1. The van der Waals surface area contributed by atoms with Gasteiger partial charge in [0.25, 0.3) is 0 Å². The maximum Gasteiger partial charge on any atom is 0.319 e. The minimum absolute atomic E-state index is 0.115. The Labute approximate surface area is 157 Å². The summed E-state index contributed by atoms with van der Waals surface area (Å²) in [4.78, 5) is 16.0. The molecule has 0 heterocycles. The van der Waals surface area contributed by atoms with Gasteiger partial charge in [0.05, 0.1) is 0 Å². The lowest BCUT2D eigenvalue weighted by atomic mass is 9.67. The van der Waals surface area contributed by atoms with E-state index in [2.05, 4.69) is 33.2 Å². The highest BCUT2D eigenvalue weighted by Gasteiger charge is 2.34. The van der Waals surface area contributed by atoms with E-state index in [1.54, 1.807) is 7.05 Å². The molecule has 2 amide bonds. The van der Waals surface area contributed by atoms with Crippen LogP contribution in [-0.4, -0.2) is 31.6 Å². The molecule has 0 saturated heterocycles. The van der Waals surface area contributed by atoms with Gasteiger partial charge >= 0.3 is 6.03 Å². The van der Waals surface area contributed by atoms with E-state index in [4.69, 9.17) is 0 Å². The number of carbonyl (C=O) groups is 1. The normalized spacial score (nSPS) is 16.0. The van der Waals surface area contributed by atoms with Crippen LogP contribution in [0.15, 0.2) is 29.3 Å². The highest BCUT2D eigenvalue weighted by molar-refractivity contribution is 5.89. The summed E-state index contributed by atoms with van der Waals surface area (Å²) in [5.74, 6) is 0.836. The second-order valence-electron chi connectivity index (χ2n) is 7.44. The van der Waals surface area contributed by atoms with E-state index in [9.17, 15) is 4.79 Å². The van der Waals surface area contributed by atoms with Crippen molar-refractivity contribution in [3.05, 3.63) is 29.8 Å². The zero-order valence-corrected chi connectivity index (χ0v) is 16.5. The number of carbonyl (C=O) groups excluding carboxylic acids is 1. The van der Waals surface area contributed by atoms with E-state index in [0.29, 0.717) is 12.0 Å². The molecule has 6 nitrogen and oxygen atoms in total. The van der Waals surface area contributed by atoms with E-state index >= 15 is 0 Å². The van der Waals surface area contributed by atoms with E-state index < -0.39 is 0 Å². The minimum Gasteiger partial charge on any atom is -0.356 e. The van der Waals surface area contributed by atoms with Crippen molar-refractivity contribution in [3.8, 4) is 0 Å². The zero-order chi connectivity index (χ0) is 19.0. The molecule has 144 valence electrons. The molecule has 0 bridgehead atoms. The predicted octanol–water partition coefficient (Wildman–Crippen LogP) is 3.46. The van der Waals surface area contributed by atoms with Crippen LogP contribution in [0.5, 0.6) is 0 Å². The van der Waals surface area contributed by atoms with Gasteiger partial charge in [0.1, 0.15) is 0 Å². The first kappa shape index (κ1) is 20.1. The van der Waals surface area contributed by atoms with E-state index in [-0.39, 0.29) is 12.1 Å². The van der Waals surface area contributed by atoms with Gasteiger partial charge < -0.3 is 21.3 Å². The standard InChI is InChI=1S/C20H33N5O/c1-5-20(11-6-12-20)14-23-18(21-4)22-13-16-7-9-17(10-8-16)25-19(26)24-15(2)3/h7-10,15H,5-6,11-14H2,1-4H3,(H2,21,22,23)(H2,24,25,26). The Kier molecular flexibility index (Phi) is 7.30. The second-order valence-corrected chi connectivity index (χ2v) is 7.44. The SMILES string of the molecule is CCC1(CNC(=NC)NCc2ccc(NC(=O)NC(C)C)cc2)CCC1. The molecule has 4 N–H and O–H groups in total. The maximum atomic E-state index is 11.7. The summed E-state index contributed by atoms with van der Waals surface area (Å²) in [6, 6.07) is 7.76. The minimum atomic E-state index is -0.184. The predicted molar refractivity (Wildman–Crippen MR) is 109 cm³/mol. The van der Waals surface area contributed by atoms with Gasteiger partial charge in [0.2, 0.25) is 0 Å². The summed E-state index contributed by atoms with van der Waals surface area (Å²) in [7, 11) is 1.80. The number of aliphatic imine (C=N–C) groups is 1. The summed E-state index contributed by atoms with van der Waals surface area (Å²) in [5, 5.41) is 12.5. The van der Waals surface area contributed by atoms with Crippen molar-refractivity contribution in [2.24, 2.45) is 10.4 Å². The van der Waals surface area contributed by atoms with Crippen molar-refractivity contribution in [1.82, 2.24) is 16.0 Å². The fourth-order valence-electron chi connectivity index (χ4n) is 3.15. The van der Waals surface area contributed by atoms with Crippen LogP contribution in [0.3, 0.4) is 0 Å². The summed E-state index contributed by atoms with van der Waals surface area (Å²) in [6.07, 6.45) is 5.19. The van der Waals surface area contributed by atoms with Crippen molar-refractivity contribution in [2.75, 3.05) is 18.9 Å². The highest BCUT2D eigenvalue weighted by atomic mass is 16.2. The second kappa shape index (κ2) is 9.46. The molecule has 1 fully saturated rings. The third-order valence-corrected chi connectivity index (χ3v) is 5.11. The lowest BCUT2D eigenvalue weighted by Gasteiger charge is -2.41. The molecular weight excluding hydrogens is 326 g/mol. The van der Waals surface area contributed by atoms with Gasteiger partial charge in [-0.2, -0.15) is 0 Å². The molecule has 6 heteroatoms. The number of urea groups is 1. The Balaban J connectivity index is 1.78. The molecule has 0 radical (unpaired) electrons. The van der Waals surface area contributed by atoms with Crippen LogP contribution in [0, 0.1) is 5.41 Å². The summed E-state index contributed by atoms with van der Waals surface area (Å²) in [5.41, 5.74) is 2.38. The fourth-order valence-corrected chi connectivity index (χ4v) is 3.15. The van der Waals surface area contributed by atoms with Crippen LogP contribution >= 0.6 is 0 Å². The number of anilines is 1. The monoisotopic (exact) mass is 359 g/mol. The molecule has 2 rings (SSSR count). The third kappa shape index (κ3) is 5.93. The van der Waals surface area contributed by atoms with Crippen molar-refractivity contribution in [3.63, 3.8) is 0 Å². The number of hydrogen-bond acceptors (Lipinski definition) is 2. The van der Waals surface area contributed by atoms with Gasteiger partial charge in [0, 0.05) is 31.9 Å². The fraction of sp³-hybridized carbons (Fsp3) is 0.600. The average molecular weight is 360 g/mol. The van der Waals surface area contributed by atoms with Crippen LogP contribution in [-0.2, 0) is 6.54 Å². The lowest BCUT2D eigenvalue weighted by Crippen LogP contribution is -2.46. The van der Waals surface area contributed by atoms with Gasteiger partial charge in [0.15, 0.2) is 5.96 Å². The summed E-state index contributed by atoms with van der Waals surface area (Å²) < 4.78 is 0. The molecule has 26 heavy (non-hydrogen) atoms. The molecule has 1 aliphatic carbocycles. The van der Waals surface area contributed by atoms with E-state index in [0.717, 1.165) is 23.8 Å². The van der Waals surface area contributed by atoms with Crippen molar-refractivity contribution in [2.45, 2.75) is 59.0 Å². The van der Waals surface area contributed by atoms with Crippen LogP contribution < -0.4 is 21.3 Å². The quantitative estimate of drug-likeness (QED) is 0.445. The number of amides is 2. The molecule has 0 unspecified atom stereocenters. The van der Waals surface area contributed by atoms with Crippen LogP contribution in [0.25, 0.3) is 0 Å².